The maximum Gasteiger partial charge on any atom is 0.243 e. The average Bonchev–Trinajstić information content (AvgIpc) is 2.99. The van der Waals surface area contributed by atoms with Crippen LogP contribution in [0.3, 0.4) is 0 Å². The summed E-state index contributed by atoms with van der Waals surface area (Å²) >= 11 is 2.66. The van der Waals surface area contributed by atoms with E-state index in [1.807, 2.05) is 6.08 Å². The van der Waals surface area contributed by atoms with Crippen LogP contribution in [0, 0.1) is 0 Å². The van der Waals surface area contributed by atoms with Gasteiger partial charge in [0.25, 0.3) is 0 Å². The van der Waals surface area contributed by atoms with Gasteiger partial charge in [0.15, 0.2) is 0 Å². The number of hydrogen-bond acceptors (Lipinski definition) is 8. The third-order valence-electron chi connectivity index (χ3n) is 4.64. The zero-order valence-corrected chi connectivity index (χ0v) is 19.2. The van der Waals surface area contributed by atoms with Gasteiger partial charge in [-0.1, -0.05) is 31.1 Å². The van der Waals surface area contributed by atoms with Gasteiger partial charge >= 0.3 is 0 Å². The second-order valence-electron chi connectivity index (χ2n) is 7.18. The molecule has 2 rings (SSSR count). The molecule has 4 N–H and O–H groups in total. The fourth-order valence-corrected chi connectivity index (χ4v) is 4.44. The second kappa shape index (κ2) is 15.4. The molecule has 2 aliphatic rings. The molecule has 0 fully saturated rings. The molecule has 1 aliphatic heterocycles. The van der Waals surface area contributed by atoms with Gasteiger partial charge in [-0.2, -0.15) is 11.8 Å². The molecular formula is C21H32N2O6S2. The van der Waals surface area contributed by atoms with E-state index in [4.69, 9.17) is 19.2 Å². The predicted molar refractivity (Wildman–Crippen MR) is 122 cm³/mol. The van der Waals surface area contributed by atoms with Crippen molar-refractivity contribution in [1.82, 2.24) is 10.8 Å². The van der Waals surface area contributed by atoms with E-state index >= 15 is 0 Å². The first kappa shape index (κ1) is 25.8. The predicted octanol–water partition coefficient (Wildman–Crippen LogP) is 3.18. The number of amides is 2. The van der Waals surface area contributed by atoms with Crippen LogP contribution in [0.25, 0.3) is 0 Å². The number of hydroxylamine groups is 1. The van der Waals surface area contributed by atoms with E-state index in [9.17, 15) is 9.59 Å². The van der Waals surface area contributed by atoms with Crippen LogP contribution in [0.2, 0.25) is 0 Å². The van der Waals surface area contributed by atoms with Crippen molar-refractivity contribution in [1.29, 1.82) is 0 Å². The second-order valence-corrected chi connectivity index (χ2v) is 9.07. The normalized spacial score (nSPS) is 20.8. The van der Waals surface area contributed by atoms with Crippen molar-refractivity contribution in [2.45, 2.75) is 63.0 Å². The van der Waals surface area contributed by atoms with Gasteiger partial charge in [0.05, 0.1) is 12.4 Å². The highest BCUT2D eigenvalue weighted by atomic mass is 32.2. The Balaban J connectivity index is 1.80. The van der Waals surface area contributed by atoms with E-state index in [2.05, 4.69) is 23.5 Å². The molecule has 174 valence electrons. The first-order valence-corrected chi connectivity index (χ1v) is 12.5. The highest BCUT2D eigenvalue weighted by molar-refractivity contribution is 7.99. The van der Waals surface area contributed by atoms with Crippen molar-refractivity contribution in [3.05, 3.63) is 35.6 Å². The van der Waals surface area contributed by atoms with Gasteiger partial charge < -0.3 is 19.3 Å². The minimum atomic E-state index is -0.626. The van der Waals surface area contributed by atoms with Gasteiger partial charge in [-0.05, 0) is 37.3 Å². The summed E-state index contributed by atoms with van der Waals surface area (Å²) in [7, 11) is 0. The van der Waals surface area contributed by atoms with E-state index in [1.165, 1.54) is 0 Å². The smallest absolute Gasteiger partial charge is 0.243 e. The number of thioether (sulfide) groups is 1. The minimum Gasteiger partial charge on any atom is -0.425 e. The summed E-state index contributed by atoms with van der Waals surface area (Å²) in [4.78, 5) is 23.3. The molecule has 0 bridgehead atoms. The van der Waals surface area contributed by atoms with Crippen molar-refractivity contribution in [2.75, 3.05) is 18.1 Å². The Bertz CT molecular complexity index is 668. The number of rotatable bonds is 13. The standard InChI is InChI=1S/C21H32N2O6S2/c24-12-13-30-15-17-14-18(16-8-4-3-5-9-16)28-21(31-29-17)22-19(25)10-6-1-2-7-11-20(26)23-27/h4,8-9,14,18,21,24,27H,1-3,5-7,10-13,15H2,(H,22,25)(H,23,26). The SMILES string of the molecule is O=C(CCCCCCC(=O)NC1OC(C2=CCCC=C2)C=C(CSCCO)OS1)NO. The van der Waals surface area contributed by atoms with E-state index in [0.29, 0.717) is 30.8 Å². The van der Waals surface area contributed by atoms with Crippen molar-refractivity contribution < 1.29 is 28.8 Å². The van der Waals surface area contributed by atoms with E-state index in [-0.39, 0.29) is 30.9 Å². The van der Waals surface area contributed by atoms with Gasteiger partial charge in [0, 0.05) is 18.6 Å². The Morgan fingerprint density at radius 1 is 1.16 bits per heavy atom. The number of allylic oxidation sites excluding steroid dienone is 2. The lowest BCUT2D eigenvalue weighted by Gasteiger charge is -2.21. The molecule has 0 saturated heterocycles. The zero-order chi connectivity index (χ0) is 22.3. The van der Waals surface area contributed by atoms with Gasteiger partial charge in [-0.3, -0.25) is 14.8 Å². The number of unbranched alkanes of at least 4 members (excludes halogenated alkanes) is 3. The summed E-state index contributed by atoms with van der Waals surface area (Å²) in [6.07, 6.45) is 13.6. The summed E-state index contributed by atoms with van der Waals surface area (Å²) in [5.41, 5.74) is 2.04. The molecule has 0 radical (unpaired) electrons. The third kappa shape index (κ3) is 10.6. The topological polar surface area (TPSA) is 117 Å². The summed E-state index contributed by atoms with van der Waals surface area (Å²) < 4.78 is 11.9. The number of aliphatic hydroxyl groups is 1. The average molecular weight is 473 g/mol. The molecule has 31 heavy (non-hydrogen) atoms. The van der Waals surface area contributed by atoms with E-state index in [1.54, 1.807) is 17.2 Å². The maximum absolute atomic E-state index is 12.4. The largest absolute Gasteiger partial charge is 0.425 e. The Morgan fingerprint density at radius 3 is 2.61 bits per heavy atom. The van der Waals surface area contributed by atoms with Crippen molar-refractivity contribution >= 4 is 35.6 Å². The molecule has 0 aromatic carbocycles. The quantitative estimate of drug-likeness (QED) is 0.140. The Labute approximate surface area is 192 Å². The number of carbonyl (C=O) groups excluding carboxylic acids is 2. The van der Waals surface area contributed by atoms with Crippen LogP contribution < -0.4 is 10.8 Å². The minimum absolute atomic E-state index is 0.112. The summed E-state index contributed by atoms with van der Waals surface area (Å²) in [6, 6.07) is 0. The monoisotopic (exact) mass is 472 g/mol. The molecule has 0 spiro atoms. The van der Waals surface area contributed by atoms with Crippen molar-refractivity contribution in [3.8, 4) is 0 Å². The van der Waals surface area contributed by atoms with Gasteiger partial charge in [-0.25, -0.2) is 5.48 Å². The maximum atomic E-state index is 12.4. The number of nitrogens with one attached hydrogen (secondary N) is 2. The number of hydrogen-bond donors (Lipinski definition) is 4. The number of aliphatic hydroxyl groups excluding tert-OH is 1. The van der Waals surface area contributed by atoms with Gasteiger partial charge in [-0.15, -0.1) is 0 Å². The van der Waals surface area contributed by atoms with Crippen LogP contribution in [0.1, 0.15) is 51.4 Å². The molecule has 2 atom stereocenters. The van der Waals surface area contributed by atoms with Crippen LogP contribution in [0.4, 0.5) is 0 Å². The molecule has 0 aromatic heterocycles. The Hall–Kier alpha value is -1.46. The third-order valence-corrected chi connectivity index (χ3v) is 6.32. The van der Waals surface area contributed by atoms with Crippen LogP contribution >= 0.6 is 23.8 Å². The van der Waals surface area contributed by atoms with Gasteiger partial charge in [0.2, 0.25) is 17.4 Å². The number of ether oxygens (including phenoxy) is 1. The molecule has 0 saturated carbocycles. The molecule has 8 nitrogen and oxygen atoms in total. The molecule has 10 heteroatoms. The van der Waals surface area contributed by atoms with Crippen LogP contribution in [-0.2, 0) is 18.5 Å². The van der Waals surface area contributed by atoms with E-state index < -0.39 is 5.56 Å². The van der Waals surface area contributed by atoms with Gasteiger partial charge in [0.1, 0.15) is 23.9 Å². The van der Waals surface area contributed by atoms with Crippen LogP contribution in [0.15, 0.2) is 35.6 Å². The molecule has 2 unspecified atom stereocenters. The fourth-order valence-electron chi connectivity index (χ4n) is 3.07. The molecule has 1 heterocycles. The molecule has 2 amide bonds. The summed E-state index contributed by atoms with van der Waals surface area (Å²) in [5.74, 6) is 1.51. The van der Waals surface area contributed by atoms with Crippen molar-refractivity contribution in [2.24, 2.45) is 0 Å². The first-order valence-electron chi connectivity index (χ1n) is 10.6. The Kier molecular flexibility index (Phi) is 12.8. The van der Waals surface area contributed by atoms with Crippen LogP contribution in [-0.4, -0.2) is 51.9 Å². The van der Waals surface area contributed by atoms with Crippen LogP contribution in [0.5, 0.6) is 0 Å². The Morgan fingerprint density at radius 2 is 1.94 bits per heavy atom. The molecular weight excluding hydrogens is 440 g/mol. The fraction of sp³-hybridized carbons (Fsp3) is 0.619. The molecule has 1 aliphatic carbocycles. The van der Waals surface area contributed by atoms with Crippen molar-refractivity contribution in [3.63, 3.8) is 0 Å². The molecule has 0 aromatic rings. The highest BCUT2D eigenvalue weighted by Gasteiger charge is 2.26. The lowest BCUT2D eigenvalue weighted by atomic mass is 10.0. The highest BCUT2D eigenvalue weighted by Crippen LogP contribution is 2.29. The zero-order valence-electron chi connectivity index (χ0n) is 17.6. The first-order chi connectivity index (χ1) is 15.1. The summed E-state index contributed by atoms with van der Waals surface area (Å²) in [5, 5.41) is 20.3. The number of carbonyl (C=O) groups is 2. The lowest BCUT2D eigenvalue weighted by molar-refractivity contribution is -0.129. The summed E-state index contributed by atoms with van der Waals surface area (Å²) in [6.45, 7) is 0.117. The van der Waals surface area contributed by atoms with E-state index in [0.717, 1.165) is 49.1 Å². The lowest BCUT2D eigenvalue weighted by Crippen LogP contribution is -2.36.